The molecule has 0 fully saturated rings. The highest BCUT2D eigenvalue weighted by Crippen LogP contribution is 2.29. The van der Waals surface area contributed by atoms with Crippen molar-refractivity contribution in [3.8, 4) is 6.07 Å². The van der Waals surface area contributed by atoms with Crippen LogP contribution in [0.5, 0.6) is 0 Å². The summed E-state index contributed by atoms with van der Waals surface area (Å²) in [7, 11) is 2.00. The average molecular weight is 296 g/mol. The van der Waals surface area contributed by atoms with Crippen molar-refractivity contribution in [3.63, 3.8) is 0 Å². The molecule has 0 saturated carbocycles. The number of halogens is 1. The van der Waals surface area contributed by atoms with Crippen molar-refractivity contribution in [3.05, 3.63) is 28.2 Å². The van der Waals surface area contributed by atoms with Gasteiger partial charge in [-0.25, -0.2) is 0 Å². The van der Waals surface area contributed by atoms with Crippen molar-refractivity contribution in [1.82, 2.24) is 0 Å². The fourth-order valence-electron chi connectivity index (χ4n) is 1.72. The number of rotatable bonds is 4. The molecular weight excluding hydrogens is 278 g/mol. The first-order chi connectivity index (χ1) is 7.97. The molecule has 0 radical (unpaired) electrons. The van der Waals surface area contributed by atoms with E-state index < -0.39 is 0 Å². The number of hydrogen-bond acceptors (Lipinski definition) is 3. The smallest absolute Gasteiger partial charge is 0.0643 e. The van der Waals surface area contributed by atoms with E-state index in [1.165, 1.54) is 0 Å². The summed E-state index contributed by atoms with van der Waals surface area (Å²) in [5, 5.41) is 8.75. The molecule has 0 aliphatic heterocycles. The molecule has 1 rings (SSSR count). The maximum atomic E-state index is 8.75. The normalized spacial score (nSPS) is 13.9. The highest BCUT2D eigenvalue weighted by molar-refractivity contribution is 9.10. The molecule has 4 heteroatoms. The van der Waals surface area contributed by atoms with Crippen molar-refractivity contribution in [2.75, 3.05) is 11.9 Å². The molecule has 0 aromatic heterocycles. The van der Waals surface area contributed by atoms with Gasteiger partial charge in [0.1, 0.15) is 0 Å². The van der Waals surface area contributed by atoms with Gasteiger partial charge in [0.05, 0.1) is 12.5 Å². The van der Waals surface area contributed by atoms with Gasteiger partial charge in [0.2, 0.25) is 0 Å². The minimum atomic E-state index is -0.0285. The predicted molar refractivity (Wildman–Crippen MR) is 74.8 cm³/mol. The van der Waals surface area contributed by atoms with Gasteiger partial charge in [-0.3, -0.25) is 0 Å². The molecule has 2 N–H and O–H groups in total. The fourth-order valence-corrected chi connectivity index (χ4v) is 2.10. The lowest BCUT2D eigenvalue weighted by molar-refractivity contribution is 0.692. The van der Waals surface area contributed by atoms with Crippen LogP contribution in [0.15, 0.2) is 22.7 Å². The number of nitrogens with zero attached hydrogens (tertiary/aromatic N) is 2. The Morgan fingerprint density at radius 3 is 2.65 bits per heavy atom. The molecule has 2 atom stereocenters. The second-order valence-electron chi connectivity index (χ2n) is 4.31. The van der Waals surface area contributed by atoms with Gasteiger partial charge >= 0.3 is 0 Å². The highest BCUT2D eigenvalue weighted by Gasteiger charge is 2.15. The monoisotopic (exact) mass is 295 g/mol. The topological polar surface area (TPSA) is 53.0 Å². The summed E-state index contributed by atoms with van der Waals surface area (Å²) in [5.41, 5.74) is 8.16. The summed E-state index contributed by atoms with van der Waals surface area (Å²) in [4.78, 5) is 2.11. The first-order valence-corrected chi connectivity index (χ1v) is 6.41. The molecule has 0 heterocycles. The van der Waals surface area contributed by atoms with E-state index in [2.05, 4.69) is 26.9 Å². The molecule has 0 bridgehead atoms. The zero-order valence-electron chi connectivity index (χ0n) is 10.4. The molecule has 17 heavy (non-hydrogen) atoms. The molecule has 2 unspecified atom stereocenters. The third kappa shape index (κ3) is 3.45. The molecule has 0 aliphatic carbocycles. The Labute approximate surface area is 111 Å². The van der Waals surface area contributed by atoms with Gasteiger partial charge in [0.15, 0.2) is 0 Å². The Balaban J connectivity index is 3.09. The summed E-state index contributed by atoms with van der Waals surface area (Å²) in [6.45, 7) is 4.00. The van der Waals surface area contributed by atoms with Crippen LogP contribution < -0.4 is 10.6 Å². The van der Waals surface area contributed by atoms with E-state index >= 15 is 0 Å². The summed E-state index contributed by atoms with van der Waals surface area (Å²) >= 11 is 3.46. The molecule has 1 aromatic carbocycles. The minimum Gasteiger partial charge on any atom is -0.371 e. The molecule has 0 saturated heterocycles. The second kappa shape index (κ2) is 6.04. The Hall–Kier alpha value is -1.05. The van der Waals surface area contributed by atoms with Gasteiger partial charge in [0, 0.05) is 29.3 Å². The van der Waals surface area contributed by atoms with Crippen LogP contribution in [-0.2, 0) is 0 Å². The predicted octanol–water partition coefficient (Wildman–Crippen LogP) is 3.21. The average Bonchev–Trinajstić information content (AvgIpc) is 2.28. The van der Waals surface area contributed by atoms with Gasteiger partial charge in [-0.2, -0.15) is 5.26 Å². The lowest BCUT2D eigenvalue weighted by Gasteiger charge is -2.28. The number of hydrogen-bond donors (Lipinski definition) is 1. The summed E-state index contributed by atoms with van der Waals surface area (Å²) < 4.78 is 1.02. The largest absolute Gasteiger partial charge is 0.371 e. The first kappa shape index (κ1) is 14.0. The summed E-state index contributed by atoms with van der Waals surface area (Å²) in [5.74, 6) is 0. The van der Waals surface area contributed by atoms with Gasteiger partial charge in [-0.05, 0) is 37.6 Å². The zero-order chi connectivity index (χ0) is 13.0. The van der Waals surface area contributed by atoms with E-state index in [0.717, 1.165) is 15.7 Å². The van der Waals surface area contributed by atoms with Crippen molar-refractivity contribution >= 4 is 21.6 Å². The highest BCUT2D eigenvalue weighted by atomic mass is 79.9. The standard InChI is InChI=1S/C13H18BrN3/c1-9(6-7-15)17(3)13-5-4-11(14)8-12(13)10(2)16/h4-5,8-10H,6,16H2,1-3H3. The lowest BCUT2D eigenvalue weighted by Crippen LogP contribution is -2.30. The van der Waals surface area contributed by atoms with Crippen molar-refractivity contribution < 1.29 is 0 Å². The maximum absolute atomic E-state index is 8.75. The number of nitriles is 1. The fraction of sp³-hybridized carbons (Fsp3) is 0.462. The maximum Gasteiger partial charge on any atom is 0.0643 e. The Morgan fingerprint density at radius 1 is 1.47 bits per heavy atom. The number of benzene rings is 1. The van der Waals surface area contributed by atoms with Crippen LogP contribution >= 0.6 is 15.9 Å². The Kier molecular flexibility index (Phi) is 4.98. The van der Waals surface area contributed by atoms with Gasteiger partial charge in [-0.15, -0.1) is 0 Å². The zero-order valence-corrected chi connectivity index (χ0v) is 12.0. The van der Waals surface area contributed by atoms with Crippen LogP contribution in [0.2, 0.25) is 0 Å². The molecule has 1 aromatic rings. The van der Waals surface area contributed by atoms with E-state index in [1.807, 2.05) is 39.1 Å². The lowest BCUT2D eigenvalue weighted by atomic mass is 10.0. The Morgan fingerprint density at radius 2 is 2.12 bits per heavy atom. The molecule has 0 amide bonds. The van der Waals surface area contributed by atoms with E-state index in [0.29, 0.717) is 6.42 Å². The van der Waals surface area contributed by atoms with E-state index in [-0.39, 0.29) is 12.1 Å². The number of nitrogens with two attached hydrogens (primary N) is 1. The van der Waals surface area contributed by atoms with Crippen molar-refractivity contribution in [2.24, 2.45) is 5.73 Å². The number of anilines is 1. The van der Waals surface area contributed by atoms with E-state index in [9.17, 15) is 0 Å². The van der Waals surface area contributed by atoms with Crippen LogP contribution in [-0.4, -0.2) is 13.1 Å². The van der Waals surface area contributed by atoms with Gasteiger partial charge in [0.25, 0.3) is 0 Å². The van der Waals surface area contributed by atoms with Gasteiger partial charge < -0.3 is 10.6 Å². The molecule has 0 spiro atoms. The van der Waals surface area contributed by atoms with E-state index in [1.54, 1.807) is 0 Å². The summed E-state index contributed by atoms with van der Waals surface area (Å²) in [6, 6.07) is 8.42. The summed E-state index contributed by atoms with van der Waals surface area (Å²) in [6.07, 6.45) is 0.505. The van der Waals surface area contributed by atoms with Crippen LogP contribution in [0, 0.1) is 11.3 Å². The van der Waals surface area contributed by atoms with Crippen molar-refractivity contribution in [2.45, 2.75) is 32.4 Å². The third-order valence-corrected chi connectivity index (χ3v) is 3.40. The van der Waals surface area contributed by atoms with Crippen LogP contribution in [0.1, 0.15) is 31.9 Å². The van der Waals surface area contributed by atoms with Crippen LogP contribution in [0.25, 0.3) is 0 Å². The molecule has 0 aliphatic rings. The van der Waals surface area contributed by atoms with Crippen LogP contribution in [0.4, 0.5) is 5.69 Å². The van der Waals surface area contributed by atoms with E-state index in [4.69, 9.17) is 11.0 Å². The molecular formula is C13H18BrN3. The van der Waals surface area contributed by atoms with Crippen molar-refractivity contribution in [1.29, 1.82) is 5.26 Å². The third-order valence-electron chi connectivity index (χ3n) is 2.91. The Bertz CT molecular complexity index is 423. The SMILES string of the molecule is CC(N)c1cc(Br)ccc1N(C)C(C)CC#N. The minimum absolute atomic E-state index is 0.0285. The van der Waals surface area contributed by atoms with Crippen LogP contribution in [0.3, 0.4) is 0 Å². The molecule has 3 nitrogen and oxygen atoms in total. The second-order valence-corrected chi connectivity index (χ2v) is 5.23. The quantitative estimate of drug-likeness (QED) is 0.928. The van der Waals surface area contributed by atoms with Gasteiger partial charge in [-0.1, -0.05) is 15.9 Å². The first-order valence-electron chi connectivity index (χ1n) is 5.62. The molecule has 92 valence electrons.